The molecule has 6 nitrogen and oxygen atoms in total. The van der Waals surface area contributed by atoms with Gasteiger partial charge in [-0.2, -0.15) is 0 Å². The van der Waals surface area contributed by atoms with E-state index in [0.29, 0.717) is 24.3 Å². The molecule has 0 unspecified atom stereocenters. The molecule has 2 heterocycles. The lowest BCUT2D eigenvalue weighted by molar-refractivity contribution is -0.151. The molecule has 0 aliphatic carbocycles. The summed E-state index contributed by atoms with van der Waals surface area (Å²) >= 11 is 4.51. The molecule has 8 heteroatoms. The fraction of sp³-hybridized carbons (Fsp3) is 0.400. The first-order chi connectivity index (χ1) is 11.0. The van der Waals surface area contributed by atoms with Crippen molar-refractivity contribution in [1.29, 1.82) is 0 Å². The molecule has 0 bridgehead atoms. The number of rotatable bonds is 4. The van der Waals surface area contributed by atoms with E-state index in [4.69, 9.17) is 11.2 Å². The molecule has 0 spiro atoms. The molecule has 1 aromatic heterocycles. The summed E-state index contributed by atoms with van der Waals surface area (Å²) in [7, 11) is 1.28. The Kier molecular flexibility index (Phi) is 5.80. The van der Waals surface area contributed by atoms with Gasteiger partial charge in [0.1, 0.15) is 6.04 Å². The summed E-state index contributed by atoms with van der Waals surface area (Å²) in [6.07, 6.45) is 6.61. The molecule has 0 radical (unpaired) electrons. The Morgan fingerprint density at radius 1 is 1.52 bits per heavy atom. The molecule has 1 aliphatic heterocycles. The molecular formula is C15H15BrN2O4S. The summed E-state index contributed by atoms with van der Waals surface area (Å²) in [5.41, 5.74) is 0. The number of halogens is 1. The number of methoxy groups -OCH3 is 1. The fourth-order valence-electron chi connectivity index (χ4n) is 2.39. The summed E-state index contributed by atoms with van der Waals surface area (Å²) in [4.78, 5) is 38.2. The number of nitrogens with one attached hydrogen (secondary N) is 1. The monoisotopic (exact) mass is 398 g/mol. The molecular weight excluding hydrogens is 384 g/mol. The topological polar surface area (TPSA) is 75.7 Å². The van der Waals surface area contributed by atoms with Crippen molar-refractivity contribution < 1.29 is 19.1 Å². The first-order valence-electron chi connectivity index (χ1n) is 6.88. The number of hydrogen-bond acceptors (Lipinski definition) is 5. The van der Waals surface area contributed by atoms with Gasteiger partial charge in [-0.1, -0.05) is 5.92 Å². The number of likely N-dealkylation sites (tertiary alicyclic amines) is 1. The lowest BCUT2D eigenvalue weighted by Crippen LogP contribution is -2.51. The van der Waals surface area contributed by atoms with Crippen LogP contribution in [0.4, 0.5) is 0 Å². The van der Waals surface area contributed by atoms with E-state index >= 15 is 0 Å². The number of carbonyl (C=O) groups is 3. The second kappa shape index (κ2) is 7.62. The Morgan fingerprint density at radius 2 is 2.26 bits per heavy atom. The normalized spacial score (nSPS) is 18.1. The van der Waals surface area contributed by atoms with E-state index in [1.54, 1.807) is 12.1 Å². The minimum atomic E-state index is -1.12. The summed E-state index contributed by atoms with van der Waals surface area (Å²) in [5, 5.41) is 2.52. The van der Waals surface area contributed by atoms with Crippen molar-refractivity contribution in [2.75, 3.05) is 13.7 Å². The van der Waals surface area contributed by atoms with Crippen LogP contribution in [0.25, 0.3) is 0 Å². The maximum Gasteiger partial charge on any atom is 0.328 e. The molecule has 2 amide bonds. The predicted octanol–water partition coefficient (Wildman–Crippen LogP) is 1.41. The van der Waals surface area contributed by atoms with Gasteiger partial charge >= 0.3 is 5.97 Å². The lowest BCUT2D eigenvalue weighted by Gasteiger charge is -2.25. The maximum atomic E-state index is 12.5. The van der Waals surface area contributed by atoms with E-state index in [9.17, 15) is 14.4 Å². The highest BCUT2D eigenvalue weighted by Crippen LogP contribution is 2.22. The maximum absolute atomic E-state index is 12.5. The Morgan fingerprint density at radius 3 is 2.83 bits per heavy atom. The lowest BCUT2D eigenvalue weighted by atomic mass is 10.2. The van der Waals surface area contributed by atoms with Gasteiger partial charge in [-0.25, -0.2) is 4.79 Å². The first-order valence-corrected chi connectivity index (χ1v) is 8.49. The molecule has 2 rings (SSSR count). The molecule has 1 fully saturated rings. The Balaban J connectivity index is 2.08. The minimum absolute atomic E-state index is 0.414. The minimum Gasteiger partial charge on any atom is -0.467 e. The fourth-order valence-corrected chi connectivity index (χ4v) is 3.68. The van der Waals surface area contributed by atoms with Gasteiger partial charge in [-0.3, -0.25) is 9.59 Å². The highest BCUT2D eigenvalue weighted by atomic mass is 79.9. The number of terminal acetylenes is 1. The van der Waals surface area contributed by atoms with Crippen molar-refractivity contribution in [2.24, 2.45) is 0 Å². The third-order valence-electron chi connectivity index (χ3n) is 3.50. The zero-order chi connectivity index (χ0) is 17.0. The van der Waals surface area contributed by atoms with Crippen LogP contribution in [0.2, 0.25) is 0 Å². The summed E-state index contributed by atoms with van der Waals surface area (Å²) < 4.78 is 5.51. The van der Waals surface area contributed by atoms with Gasteiger partial charge in [0.05, 0.1) is 15.8 Å². The molecule has 1 aliphatic rings. The first kappa shape index (κ1) is 17.5. The SMILES string of the molecule is C#C[C@H](NC(=O)c1ccc(Br)s1)C(=O)N1CCC[C@H]1C(=O)OC. The van der Waals surface area contributed by atoms with Crippen LogP contribution in [0.15, 0.2) is 15.9 Å². The van der Waals surface area contributed by atoms with E-state index in [1.807, 2.05) is 0 Å². The van der Waals surface area contributed by atoms with Crippen LogP contribution in [0.1, 0.15) is 22.5 Å². The van der Waals surface area contributed by atoms with E-state index in [1.165, 1.54) is 23.3 Å². The van der Waals surface area contributed by atoms with E-state index in [2.05, 4.69) is 27.2 Å². The summed E-state index contributed by atoms with van der Waals surface area (Å²) in [6.45, 7) is 0.414. The number of nitrogens with zero attached hydrogens (tertiary/aromatic N) is 1. The smallest absolute Gasteiger partial charge is 0.328 e. The molecule has 0 saturated carbocycles. The number of ether oxygens (including phenoxy) is 1. The van der Waals surface area contributed by atoms with Gasteiger partial charge in [0.25, 0.3) is 11.8 Å². The number of amides is 2. The summed E-state index contributed by atoms with van der Waals surface area (Å²) in [6, 6.07) is 1.61. The van der Waals surface area contributed by atoms with Crippen LogP contribution in [0.3, 0.4) is 0 Å². The second-order valence-corrected chi connectivity index (χ2v) is 7.35. The van der Waals surface area contributed by atoms with Gasteiger partial charge in [-0.15, -0.1) is 17.8 Å². The van der Waals surface area contributed by atoms with Gasteiger partial charge in [0.15, 0.2) is 6.04 Å². The van der Waals surface area contributed by atoms with Gasteiger partial charge in [0, 0.05) is 6.54 Å². The third-order valence-corrected chi connectivity index (χ3v) is 5.12. The second-order valence-electron chi connectivity index (χ2n) is 4.89. The van der Waals surface area contributed by atoms with Crippen LogP contribution in [-0.4, -0.2) is 48.4 Å². The number of carbonyl (C=O) groups excluding carboxylic acids is 3. The molecule has 0 aromatic carbocycles. The average molecular weight is 399 g/mol. The quantitative estimate of drug-likeness (QED) is 0.614. The van der Waals surface area contributed by atoms with Crippen LogP contribution >= 0.6 is 27.3 Å². The van der Waals surface area contributed by atoms with Crippen molar-refractivity contribution in [3.05, 3.63) is 20.8 Å². The van der Waals surface area contributed by atoms with Crippen LogP contribution in [0, 0.1) is 12.3 Å². The van der Waals surface area contributed by atoms with E-state index in [-0.39, 0.29) is 0 Å². The van der Waals surface area contributed by atoms with Crippen molar-refractivity contribution in [1.82, 2.24) is 10.2 Å². The van der Waals surface area contributed by atoms with Gasteiger partial charge in [0.2, 0.25) is 0 Å². The molecule has 1 N–H and O–H groups in total. The molecule has 1 aromatic rings. The number of thiophene rings is 1. The van der Waals surface area contributed by atoms with Gasteiger partial charge in [-0.05, 0) is 40.9 Å². The molecule has 1 saturated heterocycles. The van der Waals surface area contributed by atoms with Crippen LogP contribution < -0.4 is 5.32 Å². The van der Waals surface area contributed by atoms with Crippen molar-refractivity contribution in [3.8, 4) is 12.3 Å². The standard InChI is InChI=1S/C15H15BrN2O4S/c1-3-9(17-13(19)11-6-7-12(16)23-11)14(20)18-8-4-5-10(18)15(21)22-2/h1,6-7,9-10H,4-5,8H2,2H3,(H,17,19)/t9-,10-/m0/s1. The average Bonchev–Trinajstić information content (AvgIpc) is 3.19. The summed E-state index contributed by atoms with van der Waals surface area (Å²) in [5.74, 6) is 0.916. The largest absolute Gasteiger partial charge is 0.467 e. The molecule has 2 atom stereocenters. The zero-order valence-corrected chi connectivity index (χ0v) is 14.8. The predicted molar refractivity (Wildman–Crippen MR) is 88.9 cm³/mol. The van der Waals surface area contributed by atoms with Crippen LogP contribution in [0.5, 0.6) is 0 Å². The van der Waals surface area contributed by atoms with E-state index < -0.39 is 29.9 Å². The zero-order valence-electron chi connectivity index (χ0n) is 12.4. The highest BCUT2D eigenvalue weighted by Gasteiger charge is 2.37. The number of esters is 1. The highest BCUT2D eigenvalue weighted by molar-refractivity contribution is 9.11. The Hall–Kier alpha value is -1.85. The third kappa shape index (κ3) is 3.92. The van der Waals surface area contributed by atoms with Gasteiger partial charge < -0.3 is 15.0 Å². The molecule has 122 valence electrons. The van der Waals surface area contributed by atoms with Crippen molar-refractivity contribution in [2.45, 2.75) is 24.9 Å². The van der Waals surface area contributed by atoms with Crippen molar-refractivity contribution >= 4 is 45.1 Å². The Labute approximate surface area is 146 Å². The van der Waals surface area contributed by atoms with Crippen molar-refractivity contribution in [3.63, 3.8) is 0 Å². The van der Waals surface area contributed by atoms with E-state index in [0.717, 1.165) is 3.79 Å². The Bertz CT molecular complexity index is 667. The van der Waals surface area contributed by atoms with Crippen LogP contribution in [-0.2, 0) is 14.3 Å². The molecule has 23 heavy (non-hydrogen) atoms. The number of hydrogen-bond donors (Lipinski definition) is 1.